The second-order valence-electron chi connectivity index (χ2n) is 5.30. The fourth-order valence-corrected chi connectivity index (χ4v) is 3.15. The third-order valence-corrected chi connectivity index (χ3v) is 4.01. The first-order valence-electron chi connectivity index (χ1n) is 6.44. The molecule has 3 heteroatoms. The molecule has 0 bridgehead atoms. The van der Waals surface area contributed by atoms with Crippen LogP contribution in [0.15, 0.2) is 42.0 Å². The van der Waals surface area contributed by atoms with E-state index in [2.05, 4.69) is 30.3 Å². The van der Waals surface area contributed by atoms with Gasteiger partial charge in [0.1, 0.15) is 0 Å². The number of carboxylic acid groups (broad SMARTS) is 1. The third kappa shape index (κ3) is 2.13. The van der Waals surface area contributed by atoms with Crippen LogP contribution in [0.4, 0.5) is 4.79 Å². The van der Waals surface area contributed by atoms with Gasteiger partial charge in [0.25, 0.3) is 0 Å². The molecule has 1 N–H and O–H groups in total. The molecule has 2 aliphatic rings. The van der Waals surface area contributed by atoms with Crippen LogP contribution in [-0.2, 0) is 6.42 Å². The van der Waals surface area contributed by atoms with Gasteiger partial charge in [-0.05, 0) is 30.2 Å². The van der Waals surface area contributed by atoms with Crippen molar-refractivity contribution in [1.29, 1.82) is 0 Å². The van der Waals surface area contributed by atoms with Gasteiger partial charge in [-0.3, -0.25) is 0 Å². The van der Waals surface area contributed by atoms with Gasteiger partial charge in [-0.2, -0.15) is 0 Å². The molecular formula is C15H17NO2. The molecule has 1 aliphatic carbocycles. The minimum atomic E-state index is -0.776. The Morgan fingerprint density at radius 3 is 2.72 bits per heavy atom. The summed E-state index contributed by atoms with van der Waals surface area (Å²) in [5, 5.41) is 8.97. The van der Waals surface area contributed by atoms with Crippen LogP contribution in [0.3, 0.4) is 0 Å². The van der Waals surface area contributed by atoms with E-state index in [1.807, 2.05) is 6.07 Å². The van der Waals surface area contributed by atoms with Gasteiger partial charge in [-0.15, -0.1) is 0 Å². The molecule has 3 nitrogen and oxygen atoms in total. The lowest BCUT2D eigenvalue weighted by molar-refractivity contribution is 0.153. The summed E-state index contributed by atoms with van der Waals surface area (Å²) >= 11 is 0. The second kappa shape index (κ2) is 4.48. The van der Waals surface area contributed by atoms with E-state index in [4.69, 9.17) is 5.11 Å². The fourth-order valence-electron chi connectivity index (χ4n) is 3.15. The number of hydrogen-bond acceptors (Lipinski definition) is 1. The van der Waals surface area contributed by atoms with Crippen LogP contribution < -0.4 is 0 Å². The summed E-state index contributed by atoms with van der Waals surface area (Å²) in [6.45, 7) is 1.38. The van der Waals surface area contributed by atoms with Crippen molar-refractivity contribution < 1.29 is 9.90 Å². The van der Waals surface area contributed by atoms with E-state index < -0.39 is 6.09 Å². The molecule has 1 fully saturated rings. The Hall–Kier alpha value is -1.77. The summed E-state index contributed by atoms with van der Waals surface area (Å²) in [7, 11) is 0. The predicted molar refractivity (Wildman–Crippen MR) is 69.4 cm³/mol. The number of carbonyl (C=O) groups is 1. The average Bonchev–Trinajstić information content (AvgIpc) is 2.88. The largest absolute Gasteiger partial charge is 0.465 e. The minimum absolute atomic E-state index is 0.444. The van der Waals surface area contributed by atoms with E-state index in [-0.39, 0.29) is 0 Å². The Balaban J connectivity index is 1.65. The van der Waals surface area contributed by atoms with Crippen LogP contribution in [0.2, 0.25) is 0 Å². The zero-order valence-electron chi connectivity index (χ0n) is 10.2. The molecule has 1 aromatic rings. The molecule has 1 aromatic carbocycles. The lowest BCUT2D eigenvalue weighted by Gasteiger charge is -2.12. The predicted octanol–water partition coefficient (Wildman–Crippen LogP) is 2.79. The fraction of sp³-hybridized carbons (Fsp3) is 0.400. The lowest BCUT2D eigenvalue weighted by Crippen LogP contribution is -2.27. The number of likely N-dealkylation sites (tertiary alicyclic amines) is 1. The first kappa shape index (κ1) is 11.3. The van der Waals surface area contributed by atoms with Crippen molar-refractivity contribution >= 4 is 6.09 Å². The van der Waals surface area contributed by atoms with E-state index in [1.165, 1.54) is 11.1 Å². The molecule has 1 aliphatic heterocycles. The van der Waals surface area contributed by atoms with Crippen molar-refractivity contribution in [1.82, 2.24) is 4.90 Å². The van der Waals surface area contributed by atoms with Crippen LogP contribution in [0.1, 0.15) is 12.0 Å². The number of hydrogen-bond donors (Lipinski definition) is 1. The highest BCUT2D eigenvalue weighted by atomic mass is 16.4. The minimum Gasteiger partial charge on any atom is -0.465 e. The number of amides is 1. The first-order valence-corrected chi connectivity index (χ1v) is 6.44. The summed E-state index contributed by atoms with van der Waals surface area (Å²) < 4.78 is 0. The Morgan fingerprint density at radius 1 is 1.28 bits per heavy atom. The normalized spacial score (nSPS) is 26.0. The molecule has 1 heterocycles. The van der Waals surface area contributed by atoms with E-state index in [1.54, 1.807) is 4.90 Å². The number of benzene rings is 1. The smallest absolute Gasteiger partial charge is 0.407 e. The Bertz CT molecular complexity index is 481. The monoisotopic (exact) mass is 243 g/mol. The first-order chi connectivity index (χ1) is 8.72. The van der Waals surface area contributed by atoms with Gasteiger partial charge in [0, 0.05) is 13.1 Å². The van der Waals surface area contributed by atoms with Gasteiger partial charge in [0.2, 0.25) is 0 Å². The van der Waals surface area contributed by atoms with Gasteiger partial charge < -0.3 is 10.0 Å². The van der Waals surface area contributed by atoms with Crippen molar-refractivity contribution in [2.24, 2.45) is 11.8 Å². The highest BCUT2D eigenvalue weighted by molar-refractivity contribution is 5.65. The summed E-state index contributed by atoms with van der Waals surface area (Å²) in [5.74, 6) is 0.958. The molecule has 2 unspecified atom stereocenters. The molecule has 0 radical (unpaired) electrons. The molecule has 1 amide bonds. The van der Waals surface area contributed by atoms with Crippen LogP contribution in [0.25, 0.3) is 0 Å². The summed E-state index contributed by atoms with van der Waals surface area (Å²) in [4.78, 5) is 12.5. The van der Waals surface area contributed by atoms with Crippen molar-refractivity contribution in [3.05, 3.63) is 47.5 Å². The lowest BCUT2D eigenvalue weighted by atomic mass is 9.98. The van der Waals surface area contributed by atoms with Gasteiger partial charge in [0.15, 0.2) is 0 Å². The molecule has 0 saturated carbocycles. The zero-order chi connectivity index (χ0) is 12.5. The molecule has 0 spiro atoms. The highest BCUT2D eigenvalue weighted by Gasteiger charge is 2.37. The maximum absolute atomic E-state index is 10.9. The van der Waals surface area contributed by atoms with Crippen molar-refractivity contribution in [2.75, 3.05) is 13.1 Å². The molecule has 2 atom stereocenters. The molecule has 18 heavy (non-hydrogen) atoms. The van der Waals surface area contributed by atoms with Gasteiger partial charge >= 0.3 is 6.09 Å². The summed E-state index contributed by atoms with van der Waals surface area (Å²) in [6, 6.07) is 10.5. The van der Waals surface area contributed by atoms with Gasteiger partial charge in [-0.1, -0.05) is 42.0 Å². The number of rotatable bonds is 2. The SMILES string of the molecule is O=C(O)N1CC2C=C(Cc3ccccc3)CC2C1. The molecule has 0 aromatic heterocycles. The van der Waals surface area contributed by atoms with E-state index in [0.717, 1.165) is 12.8 Å². The summed E-state index contributed by atoms with van der Waals surface area (Å²) in [5.41, 5.74) is 2.82. The summed E-state index contributed by atoms with van der Waals surface area (Å²) in [6.07, 6.45) is 3.60. The van der Waals surface area contributed by atoms with Crippen LogP contribution in [0, 0.1) is 11.8 Å². The standard InChI is InChI=1S/C15H17NO2/c17-15(18)16-9-13-7-12(8-14(13)10-16)6-11-4-2-1-3-5-11/h1-5,7,13-14H,6,8-10H2,(H,17,18). The average molecular weight is 243 g/mol. The van der Waals surface area contributed by atoms with E-state index in [0.29, 0.717) is 24.9 Å². The number of allylic oxidation sites excluding steroid dienone is 1. The Kier molecular flexibility index (Phi) is 2.82. The molecule has 94 valence electrons. The zero-order valence-corrected chi connectivity index (χ0v) is 10.2. The number of fused-ring (bicyclic) bond motifs is 1. The molecule has 1 saturated heterocycles. The Morgan fingerprint density at radius 2 is 2.06 bits per heavy atom. The van der Waals surface area contributed by atoms with Crippen molar-refractivity contribution in [3.63, 3.8) is 0 Å². The van der Waals surface area contributed by atoms with Crippen molar-refractivity contribution in [3.8, 4) is 0 Å². The second-order valence-corrected chi connectivity index (χ2v) is 5.30. The quantitative estimate of drug-likeness (QED) is 0.811. The van der Waals surface area contributed by atoms with Gasteiger partial charge in [0.05, 0.1) is 0 Å². The van der Waals surface area contributed by atoms with Gasteiger partial charge in [-0.25, -0.2) is 4.79 Å². The maximum atomic E-state index is 10.9. The third-order valence-electron chi connectivity index (χ3n) is 4.01. The highest BCUT2D eigenvalue weighted by Crippen LogP contribution is 2.37. The Labute approximate surface area is 107 Å². The van der Waals surface area contributed by atoms with Crippen LogP contribution in [-0.4, -0.2) is 29.2 Å². The maximum Gasteiger partial charge on any atom is 0.407 e. The number of nitrogens with zero attached hydrogens (tertiary/aromatic N) is 1. The topological polar surface area (TPSA) is 40.5 Å². The molecular weight excluding hydrogens is 226 g/mol. The van der Waals surface area contributed by atoms with Crippen molar-refractivity contribution in [2.45, 2.75) is 12.8 Å². The van der Waals surface area contributed by atoms with E-state index in [9.17, 15) is 4.79 Å². The molecule has 3 rings (SSSR count). The van der Waals surface area contributed by atoms with Crippen LogP contribution in [0.5, 0.6) is 0 Å². The van der Waals surface area contributed by atoms with Crippen LogP contribution >= 0.6 is 0 Å². The van der Waals surface area contributed by atoms with E-state index >= 15 is 0 Å².